The molecule has 0 aromatic heterocycles. The average molecular weight is 341 g/mol. The van der Waals surface area contributed by atoms with Gasteiger partial charge < -0.3 is 14.8 Å². The van der Waals surface area contributed by atoms with Crippen LogP contribution in [0.15, 0.2) is 36.4 Å². The van der Waals surface area contributed by atoms with Gasteiger partial charge in [-0.15, -0.1) is 0 Å². The fourth-order valence-electron chi connectivity index (χ4n) is 2.87. The number of carbonyl (C=O) groups is 1. The molecule has 1 N–H and O–H groups in total. The van der Waals surface area contributed by atoms with Gasteiger partial charge in [0, 0.05) is 18.2 Å². The Morgan fingerprint density at radius 2 is 1.52 bits per heavy atom. The Balaban J connectivity index is 2.07. The number of ether oxygens (including phenoxy) is 2. The lowest BCUT2D eigenvalue weighted by Crippen LogP contribution is -2.15. The van der Waals surface area contributed by atoms with Crippen molar-refractivity contribution < 1.29 is 14.3 Å². The second-order valence-corrected chi connectivity index (χ2v) is 5.93. The minimum atomic E-state index is 0.0254. The highest BCUT2D eigenvalue weighted by Gasteiger charge is 2.11. The lowest BCUT2D eigenvalue weighted by Gasteiger charge is -2.14. The second kappa shape index (κ2) is 9.11. The SMILES string of the molecule is CCc1cccc(CC)c1NC(=O)CCc1cc(OC)cc(OC)c1. The summed E-state index contributed by atoms with van der Waals surface area (Å²) in [5.74, 6) is 1.50. The Kier molecular flexibility index (Phi) is 6.87. The Morgan fingerprint density at radius 3 is 2.00 bits per heavy atom. The summed E-state index contributed by atoms with van der Waals surface area (Å²) in [6, 6.07) is 11.9. The van der Waals surface area contributed by atoms with Crippen LogP contribution in [0.25, 0.3) is 0 Å². The van der Waals surface area contributed by atoms with E-state index in [-0.39, 0.29) is 5.91 Å². The first-order valence-corrected chi connectivity index (χ1v) is 8.73. The van der Waals surface area contributed by atoms with Gasteiger partial charge in [0.25, 0.3) is 0 Å². The molecule has 0 aliphatic carbocycles. The molecule has 0 aliphatic rings. The van der Waals surface area contributed by atoms with Crippen molar-refractivity contribution in [2.45, 2.75) is 39.5 Å². The zero-order valence-electron chi connectivity index (χ0n) is 15.5. The van der Waals surface area contributed by atoms with Crippen molar-refractivity contribution in [2.24, 2.45) is 0 Å². The van der Waals surface area contributed by atoms with Crippen molar-refractivity contribution >= 4 is 11.6 Å². The van der Waals surface area contributed by atoms with Crippen LogP contribution in [0.5, 0.6) is 11.5 Å². The third-order valence-electron chi connectivity index (χ3n) is 4.32. The highest BCUT2D eigenvalue weighted by Crippen LogP contribution is 2.25. The number of benzene rings is 2. The highest BCUT2D eigenvalue weighted by atomic mass is 16.5. The zero-order valence-corrected chi connectivity index (χ0v) is 15.5. The lowest BCUT2D eigenvalue weighted by atomic mass is 10.0. The molecule has 2 aromatic carbocycles. The molecule has 0 unspecified atom stereocenters. The summed E-state index contributed by atoms with van der Waals surface area (Å²) < 4.78 is 10.6. The van der Waals surface area contributed by atoms with Crippen LogP contribution in [0.3, 0.4) is 0 Å². The molecular weight excluding hydrogens is 314 g/mol. The largest absolute Gasteiger partial charge is 0.497 e. The van der Waals surface area contributed by atoms with Crippen molar-refractivity contribution in [1.29, 1.82) is 0 Å². The number of nitrogens with one attached hydrogen (secondary N) is 1. The fraction of sp³-hybridized carbons (Fsp3) is 0.381. The van der Waals surface area contributed by atoms with Gasteiger partial charge in [-0.25, -0.2) is 0 Å². The van der Waals surface area contributed by atoms with Crippen molar-refractivity contribution in [2.75, 3.05) is 19.5 Å². The van der Waals surface area contributed by atoms with Crippen LogP contribution in [0.4, 0.5) is 5.69 Å². The third kappa shape index (κ3) is 4.99. The Hall–Kier alpha value is -2.49. The number of hydrogen-bond donors (Lipinski definition) is 1. The molecule has 0 spiro atoms. The summed E-state index contributed by atoms with van der Waals surface area (Å²) in [6.45, 7) is 4.21. The normalized spacial score (nSPS) is 10.4. The van der Waals surface area contributed by atoms with Crippen molar-refractivity contribution in [3.8, 4) is 11.5 Å². The summed E-state index contributed by atoms with van der Waals surface area (Å²) >= 11 is 0. The predicted molar refractivity (Wildman–Crippen MR) is 102 cm³/mol. The quantitative estimate of drug-likeness (QED) is 0.774. The molecule has 0 heterocycles. The molecule has 0 atom stereocenters. The molecular formula is C21H27NO3. The van der Waals surface area contributed by atoms with E-state index < -0.39 is 0 Å². The number of hydrogen-bond acceptors (Lipinski definition) is 3. The van der Waals surface area contributed by atoms with E-state index in [4.69, 9.17) is 9.47 Å². The molecule has 0 aliphatic heterocycles. The number of para-hydroxylation sites is 1. The van der Waals surface area contributed by atoms with Gasteiger partial charge in [-0.05, 0) is 48.1 Å². The lowest BCUT2D eigenvalue weighted by molar-refractivity contribution is -0.116. The van der Waals surface area contributed by atoms with Crippen LogP contribution in [0, 0.1) is 0 Å². The predicted octanol–water partition coefficient (Wildman–Crippen LogP) is 4.40. The summed E-state index contributed by atoms with van der Waals surface area (Å²) in [4.78, 5) is 12.5. The van der Waals surface area contributed by atoms with Gasteiger partial charge in [-0.3, -0.25) is 4.79 Å². The molecule has 2 rings (SSSR count). The van der Waals surface area contributed by atoms with Crippen molar-refractivity contribution in [3.63, 3.8) is 0 Å². The maximum atomic E-state index is 12.5. The van der Waals surface area contributed by atoms with Crippen molar-refractivity contribution in [1.82, 2.24) is 0 Å². The minimum Gasteiger partial charge on any atom is -0.497 e. The van der Waals surface area contributed by atoms with Crippen LogP contribution < -0.4 is 14.8 Å². The number of rotatable bonds is 8. The Morgan fingerprint density at radius 1 is 0.960 bits per heavy atom. The summed E-state index contributed by atoms with van der Waals surface area (Å²) in [5, 5.41) is 3.11. The van der Waals surface area contributed by atoms with Gasteiger partial charge in [0.05, 0.1) is 14.2 Å². The standard InChI is InChI=1S/C21H27NO3/c1-5-16-8-7-9-17(6-2)21(16)22-20(23)11-10-15-12-18(24-3)14-19(13-15)25-4/h7-9,12-14H,5-6,10-11H2,1-4H3,(H,22,23). The van der Waals surface area contributed by atoms with E-state index in [9.17, 15) is 4.79 Å². The molecule has 0 saturated heterocycles. The first-order valence-electron chi connectivity index (χ1n) is 8.73. The molecule has 25 heavy (non-hydrogen) atoms. The minimum absolute atomic E-state index is 0.0254. The summed E-state index contributed by atoms with van der Waals surface area (Å²) in [6.07, 6.45) is 2.85. The smallest absolute Gasteiger partial charge is 0.224 e. The van der Waals surface area contributed by atoms with E-state index in [0.29, 0.717) is 12.8 Å². The molecule has 1 amide bonds. The number of aryl methyl sites for hydroxylation is 3. The van der Waals surface area contributed by atoms with Gasteiger partial charge in [0.1, 0.15) is 11.5 Å². The average Bonchev–Trinajstić information content (AvgIpc) is 2.66. The first kappa shape index (κ1) is 18.8. The third-order valence-corrected chi connectivity index (χ3v) is 4.32. The highest BCUT2D eigenvalue weighted by molar-refractivity contribution is 5.92. The maximum absolute atomic E-state index is 12.5. The molecule has 4 nitrogen and oxygen atoms in total. The molecule has 2 aromatic rings. The Bertz CT molecular complexity index is 681. The van der Waals surface area contributed by atoms with E-state index >= 15 is 0 Å². The number of methoxy groups -OCH3 is 2. The van der Waals surface area contributed by atoms with Gasteiger partial charge >= 0.3 is 0 Å². The zero-order chi connectivity index (χ0) is 18.2. The van der Waals surface area contributed by atoms with Gasteiger partial charge in [0.15, 0.2) is 0 Å². The molecule has 4 heteroatoms. The first-order chi connectivity index (χ1) is 12.1. The monoisotopic (exact) mass is 341 g/mol. The maximum Gasteiger partial charge on any atom is 0.224 e. The van der Waals surface area contributed by atoms with Crippen LogP contribution in [-0.2, 0) is 24.1 Å². The number of anilines is 1. The van der Waals surface area contributed by atoms with Crippen LogP contribution in [-0.4, -0.2) is 20.1 Å². The fourth-order valence-corrected chi connectivity index (χ4v) is 2.87. The van der Waals surface area contributed by atoms with E-state index in [1.165, 1.54) is 11.1 Å². The van der Waals surface area contributed by atoms with E-state index in [0.717, 1.165) is 35.6 Å². The Labute approximate surface area is 150 Å². The summed E-state index contributed by atoms with van der Waals surface area (Å²) in [5.41, 5.74) is 4.35. The topological polar surface area (TPSA) is 47.6 Å². The van der Waals surface area contributed by atoms with Crippen LogP contribution in [0.2, 0.25) is 0 Å². The second-order valence-electron chi connectivity index (χ2n) is 5.93. The molecule has 0 radical (unpaired) electrons. The van der Waals surface area contributed by atoms with Crippen LogP contribution >= 0.6 is 0 Å². The molecule has 0 bridgehead atoms. The number of amides is 1. The molecule has 0 saturated carbocycles. The van der Waals surface area contributed by atoms with Gasteiger partial charge in [0.2, 0.25) is 5.91 Å². The van der Waals surface area contributed by atoms with Crippen molar-refractivity contribution in [3.05, 3.63) is 53.1 Å². The van der Waals surface area contributed by atoms with Gasteiger partial charge in [-0.1, -0.05) is 32.0 Å². The molecule has 134 valence electrons. The van der Waals surface area contributed by atoms with E-state index in [2.05, 4.69) is 37.4 Å². The number of carbonyl (C=O) groups excluding carboxylic acids is 1. The van der Waals surface area contributed by atoms with Gasteiger partial charge in [-0.2, -0.15) is 0 Å². The van der Waals surface area contributed by atoms with E-state index in [1.54, 1.807) is 14.2 Å². The summed E-state index contributed by atoms with van der Waals surface area (Å²) in [7, 11) is 3.25. The molecule has 0 fully saturated rings. The van der Waals surface area contributed by atoms with Crippen LogP contribution in [0.1, 0.15) is 37.0 Å². The van der Waals surface area contributed by atoms with E-state index in [1.807, 2.05) is 18.2 Å².